The normalized spacial score (nSPS) is 11.2. The summed E-state index contributed by atoms with van der Waals surface area (Å²) in [7, 11) is 0. The van der Waals surface area contributed by atoms with Gasteiger partial charge in [-0.3, -0.25) is 4.79 Å². The molecular weight excluding hydrogens is 211 g/mol. The van der Waals surface area contributed by atoms with Crippen molar-refractivity contribution in [3.8, 4) is 5.88 Å². The second kappa shape index (κ2) is 4.29. The van der Waals surface area contributed by atoms with Crippen LogP contribution in [0.25, 0.3) is 0 Å². The number of carbonyl (C=O) groups excluding carboxylic acids is 1. The van der Waals surface area contributed by atoms with E-state index < -0.39 is 12.8 Å². The van der Waals surface area contributed by atoms with Gasteiger partial charge in [-0.25, -0.2) is 4.98 Å². The number of Topliss-reactive ketones (excluding diaryl/α,β-unsaturated/α-hetero) is 1. The van der Waals surface area contributed by atoms with Crippen LogP contribution in [0.2, 0.25) is 0 Å². The zero-order valence-corrected chi connectivity index (χ0v) is 7.84. The molecule has 1 aromatic rings. The van der Waals surface area contributed by atoms with Gasteiger partial charge in [-0.15, -0.1) is 0 Å². The Bertz CT molecular complexity index is 345. The lowest BCUT2D eigenvalue weighted by atomic mass is 10.2. The monoisotopic (exact) mass is 219 g/mol. The molecule has 0 bridgehead atoms. The van der Waals surface area contributed by atoms with Crippen molar-refractivity contribution in [3.63, 3.8) is 0 Å². The Kier molecular flexibility index (Phi) is 3.28. The van der Waals surface area contributed by atoms with Crippen molar-refractivity contribution in [1.82, 2.24) is 4.98 Å². The summed E-state index contributed by atoms with van der Waals surface area (Å²) in [6.45, 7) is -0.0489. The summed E-state index contributed by atoms with van der Waals surface area (Å²) < 4.78 is 39.6. The van der Waals surface area contributed by atoms with Gasteiger partial charge >= 0.3 is 6.18 Å². The van der Waals surface area contributed by atoms with Gasteiger partial charge in [0.2, 0.25) is 5.88 Å². The van der Waals surface area contributed by atoms with Crippen LogP contribution in [0.15, 0.2) is 18.3 Å². The Morgan fingerprint density at radius 3 is 2.53 bits per heavy atom. The molecule has 0 aliphatic rings. The van der Waals surface area contributed by atoms with E-state index in [1.165, 1.54) is 25.3 Å². The maximum atomic E-state index is 11.7. The van der Waals surface area contributed by atoms with Gasteiger partial charge in [0, 0.05) is 17.8 Å². The second-order valence-electron chi connectivity index (χ2n) is 2.85. The molecule has 0 fully saturated rings. The highest BCUT2D eigenvalue weighted by molar-refractivity contribution is 5.93. The van der Waals surface area contributed by atoms with E-state index in [2.05, 4.69) is 9.72 Å². The fraction of sp³-hybridized carbons (Fsp3) is 0.333. The molecule has 1 aromatic heterocycles. The van der Waals surface area contributed by atoms with Crippen LogP contribution < -0.4 is 4.74 Å². The summed E-state index contributed by atoms with van der Waals surface area (Å²) in [5.74, 6) is -0.359. The standard InChI is InChI=1S/C9H8F3NO2/c1-6(14)7-2-3-8(13-4-7)15-5-9(10,11)12/h2-4H,5H2,1H3. The number of alkyl halides is 3. The minimum atomic E-state index is -4.39. The molecule has 0 saturated carbocycles. The van der Waals surface area contributed by atoms with Crippen molar-refractivity contribution >= 4 is 5.78 Å². The van der Waals surface area contributed by atoms with Crippen molar-refractivity contribution < 1.29 is 22.7 Å². The number of pyridine rings is 1. The highest BCUT2D eigenvalue weighted by atomic mass is 19.4. The fourth-order valence-electron chi connectivity index (χ4n) is 0.830. The molecule has 3 nitrogen and oxygen atoms in total. The molecule has 0 aromatic carbocycles. The van der Waals surface area contributed by atoms with E-state index in [9.17, 15) is 18.0 Å². The van der Waals surface area contributed by atoms with Crippen molar-refractivity contribution in [1.29, 1.82) is 0 Å². The van der Waals surface area contributed by atoms with E-state index in [1.807, 2.05) is 0 Å². The summed E-state index contributed by atoms with van der Waals surface area (Å²) in [6, 6.07) is 2.59. The molecule has 1 heterocycles. The summed E-state index contributed by atoms with van der Waals surface area (Å²) in [5.41, 5.74) is 0.328. The number of halogens is 3. The van der Waals surface area contributed by atoms with Crippen molar-refractivity contribution in [2.75, 3.05) is 6.61 Å². The van der Waals surface area contributed by atoms with Crippen molar-refractivity contribution in [3.05, 3.63) is 23.9 Å². The third kappa shape index (κ3) is 3.97. The fourth-order valence-corrected chi connectivity index (χ4v) is 0.830. The lowest BCUT2D eigenvalue weighted by Gasteiger charge is -2.07. The first kappa shape index (κ1) is 11.5. The Labute approximate surface area is 83.9 Å². The van der Waals surface area contributed by atoms with Crippen LogP contribution in [0.1, 0.15) is 17.3 Å². The first-order valence-electron chi connectivity index (χ1n) is 4.05. The molecule has 82 valence electrons. The summed E-state index contributed by atoms with van der Waals surface area (Å²) in [4.78, 5) is 14.4. The van der Waals surface area contributed by atoms with Gasteiger partial charge in [0.25, 0.3) is 0 Å². The number of ether oxygens (including phenoxy) is 1. The van der Waals surface area contributed by atoms with Crippen LogP contribution in [-0.2, 0) is 0 Å². The average molecular weight is 219 g/mol. The number of ketones is 1. The number of aromatic nitrogens is 1. The Morgan fingerprint density at radius 2 is 2.13 bits per heavy atom. The molecule has 0 amide bonds. The van der Waals surface area contributed by atoms with Gasteiger partial charge in [-0.1, -0.05) is 0 Å². The highest BCUT2D eigenvalue weighted by Crippen LogP contribution is 2.16. The molecule has 0 unspecified atom stereocenters. The second-order valence-corrected chi connectivity index (χ2v) is 2.85. The van der Waals surface area contributed by atoms with Crippen LogP contribution in [0.4, 0.5) is 13.2 Å². The molecule has 0 spiro atoms. The van der Waals surface area contributed by atoms with Gasteiger partial charge < -0.3 is 4.74 Å². The van der Waals surface area contributed by atoms with E-state index in [1.54, 1.807) is 0 Å². The van der Waals surface area contributed by atoms with Crippen LogP contribution in [-0.4, -0.2) is 23.6 Å². The first-order valence-corrected chi connectivity index (χ1v) is 4.05. The summed E-state index contributed by atoms with van der Waals surface area (Å²) in [6.07, 6.45) is -3.21. The molecule has 15 heavy (non-hydrogen) atoms. The van der Waals surface area contributed by atoms with E-state index in [-0.39, 0.29) is 11.7 Å². The molecule has 0 aliphatic heterocycles. The molecule has 0 N–H and O–H groups in total. The maximum Gasteiger partial charge on any atom is 0.422 e. The first-order chi connectivity index (χ1) is 6.88. The van der Waals surface area contributed by atoms with E-state index in [0.29, 0.717) is 5.56 Å². The third-order valence-corrected chi connectivity index (χ3v) is 1.53. The highest BCUT2D eigenvalue weighted by Gasteiger charge is 2.28. The molecule has 0 aliphatic carbocycles. The largest absolute Gasteiger partial charge is 0.468 e. The Balaban J connectivity index is 2.61. The molecule has 0 atom stereocenters. The number of hydrogen-bond donors (Lipinski definition) is 0. The van der Waals surface area contributed by atoms with E-state index in [0.717, 1.165) is 0 Å². The molecule has 1 rings (SSSR count). The number of hydrogen-bond acceptors (Lipinski definition) is 3. The van der Waals surface area contributed by atoms with Crippen LogP contribution in [0.3, 0.4) is 0 Å². The molecular formula is C9H8F3NO2. The van der Waals surface area contributed by atoms with Crippen LogP contribution in [0.5, 0.6) is 5.88 Å². The van der Waals surface area contributed by atoms with Crippen LogP contribution >= 0.6 is 0 Å². The van der Waals surface area contributed by atoms with Crippen LogP contribution in [0, 0.1) is 0 Å². The number of nitrogens with zero attached hydrogens (tertiary/aromatic N) is 1. The predicted molar refractivity (Wildman–Crippen MR) is 45.8 cm³/mol. The summed E-state index contributed by atoms with van der Waals surface area (Å²) in [5, 5.41) is 0. The minimum absolute atomic E-state index is 0.155. The average Bonchev–Trinajstić information content (AvgIpc) is 2.14. The zero-order valence-electron chi connectivity index (χ0n) is 7.84. The molecule has 0 saturated heterocycles. The van der Waals surface area contributed by atoms with Gasteiger partial charge in [-0.05, 0) is 13.0 Å². The summed E-state index contributed by atoms with van der Waals surface area (Å²) >= 11 is 0. The van der Waals surface area contributed by atoms with Gasteiger partial charge in [0.15, 0.2) is 12.4 Å². The van der Waals surface area contributed by atoms with E-state index in [4.69, 9.17) is 0 Å². The molecule has 0 radical (unpaired) electrons. The van der Waals surface area contributed by atoms with Crippen molar-refractivity contribution in [2.45, 2.75) is 13.1 Å². The zero-order chi connectivity index (χ0) is 11.5. The Hall–Kier alpha value is -1.59. The molecule has 6 heteroatoms. The SMILES string of the molecule is CC(=O)c1ccc(OCC(F)(F)F)nc1. The van der Waals surface area contributed by atoms with Gasteiger partial charge in [-0.2, -0.15) is 13.2 Å². The third-order valence-electron chi connectivity index (χ3n) is 1.53. The lowest BCUT2D eigenvalue weighted by Crippen LogP contribution is -2.19. The topological polar surface area (TPSA) is 39.2 Å². The minimum Gasteiger partial charge on any atom is -0.468 e. The lowest BCUT2D eigenvalue weighted by molar-refractivity contribution is -0.154. The van der Waals surface area contributed by atoms with E-state index >= 15 is 0 Å². The Morgan fingerprint density at radius 1 is 1.47 bits per heavy atom. The van der Waals surface area contributed by atoms with Gasteiger partial charge in [0.1, 0.15) is 0 Å². The van der Waals surface area contributed by atoms with Gasteiger partial charge in [0.05, 0.1) is 0 Å². The number of carbonyl (C=O) groups is 1. The predicted octanol–water partition coefficient (Wildman–Crippen LogP) is 2.23. The van der Waals surface area contributed by atoms with Crippen molar-refractivity contribution in [2.24, 2.45) is 0 Å². The number of rotatable bonds is 3. The smallest absolute Gasteiger partial charge is 0.422 e. The maximum absolute atomic E-state index is 11.7. The quantitative estimate of drug-likeness (QED) is 0.731.